The average Bonchev–Trinajstić information content (AvgIpc) is 2.68. The topological polar surface area (TPSA) is 68.1 Å². The summed E-state index contributed by atoms with van der Waals surface area (Å²) >= 11 is 0. The van der Waals surface area contributed by atoms with Gasteiger partial charge in [0, 0.05) is 56.1 Å². The van der Waals surface area contributed by atoms with Gasteiger partial charge in [0.1, 0.15) is 11.5 Å². The third-order valence-electron chi connectivity index (χ3n) is 4.68. The van der Waals surface area contributed by atoms with Crippen LogP contribution in [0.3, 0.4) is 0 Å². The zero-order chi connectivity index (χ0) is 18.5. The third kappa shape index (κ3) is 4.05. The summed E-state index contributed by atoms with van der Waals surface area (Å²) in [7, 11) is 3.25. The molecule has 0 unspecified atom stereocenters. The Bertz CT molecular complexity index is 756. The smallest absolute Gasteiger partial charge is 0.270 e. The molecule has 2 aromatic rings. The van der Waals surface area contributed by atoms with E-state index in [1.165, 1.54) is 11.8 Å². The highest BCUT2D eigenvalue weighted by Crippen LogP contribution is 2.26. The van der Waals surface area contributed by atoms with Crippen molar-refractivity contribution in [1.29, 1.82) is 0 Å². The lowest BCUT2D eigenvalue weighted by Gasteiger charge is -2.36. The quantitative estimate of drug-likeness (QED) is 0.585. The first-order valence-electron chi connectivity index (χ1n) is 8.53. The van der Waals surface area contributed by atoms with Crippen molar-refractivity contribution >= 4 is 11.4 Å². The molecule has 0 amide bonds. The Morgan fingerprint density at radius 2 is 1.69 bits per heavy atom. The molecule has 0 bridgehead atoms. The number of piperazine rings is 1. The minimum absolute atomic E-state index is 0.0951. The van der Waals surface area contributed by atoms with Crippen LogP contribution in [0.5, 0.6) is 11.5 Å². The number of non-ortho nitro benzene ring substituents is 1. The average molecular weight is 357 g/mol. The van der Waals surface area contributed by atoms with Gasteiger partial charge in [0.15, 0.2) is 0 Å². The molecule has 0 atom stereocenters. The standard InChI is InChI=1S/C19H23N3O4/c1-25-18-6-3-16(4-7-18)21-11-9-20(10-12-21)14-15-13-17(22(23)24)5-8-19(15)26-2/h3-8,13H,9-12,14H2,1-2H3. The normalized spacial score (nSPS) is 14.9. The van der Waals surface area contributed by atoms with E-state index in [1.807, 2.05) is 12.1 Å². The Hall–Kier alpha value is -2.80. The lowest BCUT2D eigenvalue weighted by Crippen LogP contribution is -2.46. The van der Waals surface area contributed by atoms with Gasteiger partial charge in [-0.05, 0) is 30.3 Å². The van der Waals surface area contributed by atoms with Gasteiger partial charge >= 0.3 is 0 Å². The number of nitro groups is 1. The van der Waals surface area contributed by atoms with Gasteiger partial charge in [0.05, 0.1) is 19.1 Å². The molecule has 1 saturated heterocycles. The molecule has 7 heteroatoms. The second kappa shape index (κ2) is 8.05. The van der Waals surface area contributed by atoms with Crippen molar-refractivity contribution in [2.75, 3.05) is 45.3 Å². The van der Waals surface area contributed by atoms with E-state index in [9.17, 15) is 10.1 Å². The molecule has 0 aromatic heterocycles. The van der Waals surface area contributed by atoms with Gasteiger partial charge in [-0.25, -0.2) is 0 Å². The highest BCUT2D eigenvalue weighted by atomic mass is 16.6. The fraction of sp³-hybridized carbons (Fsp3) is 0.368. The molecule has 7 nitrogen and oxygen atoms in total. The Kier molecular flexibility index (Phi) is 5.58. The first-order chi connectivity index (χ1) is 12.6. The second-order valence-electron chi connectivity index (χ2n) is 6.21. The molecule has 0 aliphatic carbocycles. The molecule has 0 N–H and O–H groups in total. The van der Waals surface area contributed by atoms with Gasteiger partial charge in [-0.2, -0.15) is 0 Å². The van der Waals surface area contributed by atoms with E-state index in [1.54, 1.807) is 26.4 Å². The summed E-state index contributed by atoms with van der Waals surface area (Å²) in [5.41, 5.74) is 2.12. The molecular weight excluding hydrogens is 334 g/mol. The molecule has 2 aromatic carbocycles. The Balaban J connectivity index is 1.63. The summed E-state index contributed by atoms with van der Waals surface area (Å²) in [6, 6.07) is 12.8. The van der Waals surface area contributed by atoms with Crippen molar-refractivity contribution < 1.29 is 14.4 Å². The number of hydrogen-bond donors (Lipinski definition) is 0. The fourth-order valence-corrected chi connectivity index (χ4v) is 3.20. The van der Waals surface area contributed by atoms with E-state index >= 15 is 0 Å². The lowest BCUT2D eigenvalue weighted by molar-refractivity contribution is -0.385. The van der Waals surface area contributed by atoms with E-state index in [0.717, 1.165) is 37.5 Å². The first kappa shape index (κ1) is 18.0. The molecule has 0 spiro atoms. The maximum atomic E-state index is 11.0. The van der Waals surface area contributed by atoms with Crippen LogP contribution in [0.4, 0.5) is 11.4 Å². The van der Waals surface area contributed by atoms with E-state index in [-0.39, 0.29) is 10.6 Å². The number of methoxy groups -OCH3 is 2. The number of benzene rings is 2. The Morgan fingerprint density at radius 1 is 1.00 bits per heavy atom. The number of nitrogens with zero attached hydrogens (tertiary/aromatic N) is 3. The van der Waals surface area contributed by atoms with Crippen molar-refractivity contribution in [3.63, 3.8) is 0 Å². The monoisotopic (exact) mass is 357 g/mol. The highest BCUT2D eigenvalue weighted by molar-refractivity contribution is 5.49. The molecule has 138 valence electrons. The number of ether oxygens (including phenoxy) is 2. The van der Waals surface area contributed by atoms with Crippen LogP contribution in [0.1, 0.15) is 5.56 Å². The van der Waals surface area contributed by atoms with Gasteiger partial charge in [-0.3, -0.25) is 15.0 Å². The minimum Gasteiger partial charge on any atom is -0.497 e. The maximum Gasteiger partial charge on any atom is 0.270 e. The van der Waals surface area contributed by atoms with Crippen molar-refractivity contribution in [3.05, 3.63) is 58.1 Å². The summed E-state index contributed by atoms with van der Waals surface area (Å²) in [4.78, 5) is 15.3. The molecular formula is C19H23N3O4. The maximum absolute atomic E-state index is 11.0. The van der Waals surface area contributed by atoms with Crippen molar-refractivity contribution in [1.82, 2.24) is 4.90 Å². The van der Waals surface area contributed by atoms with Gasteiger partial charge < -0.3 is 14.4 Å². The molecule has 26 heavy (non-hydrogen) atoms. The van der Waals surface area contributed by atoms with Crippen LogP contribution in [-0.2, 0) is 6.54 Å². The number of nitro benzene ring substituents is 1. The summed E-state index contributed by atoms with van der Waals surface area (Å²) < 4.78 is 10.6. The van der Waals surface area contributed by atoms with Gasteiger partial charge in [-0.15, -0.1) is 0 Å². The van der Waals surface area contributed by atoms with E-state index in [0.29, 0.717) is 12.3 Å². The largest absolute Gasteiger partial charge is 0.497 e. The van der Waals surface area contributed by atoms with Crippen molar-refractivity contribution in [3.8, 4) is 11.5 Å². The first-order valence-corrected chi connectivity index (χ1v) is 8.53. The Morgan fingerprint density at radius 3 is 2.27 bits per heavy atom. The van der Waals surface area contributed by atoms with Crippen LogP contribution in [0, 0.1) is 10.1 Å². The van der Waals surface area contributed by atoms with Crippen LogP contribution >= 0.6 is 0 Å². The number of anilines is 1. The minimum atomic E-state index is -0.370. The molecule has 3 rings (SSSR count). The predicted octanol–water partition coefficient (Wildman–Crippen LogP) is 2.93. The van der Waals surface area contributed by atoms with Crippen LogP contribution in [0.2, 0.25) is 0 Å². The van der Waals surface area contributed by atoms with Crippen molar-refractivity contribution in [2.45, 2.75) is 6.54 Å². The third-order valence-corrected chi connectivity index (χ3v) is 4.68. The van der Waals surface area contributed by atoms with E-state index in [2.05, 4.69) is 21.9 Å². The van der Waals surface area contributed by atoms with Crippen molar-refractivity contribution in [2.24, 2.45) is 0 Å². The number of hydrogen-bond acceptors (Lipinski definition) is 6. The zero-order valence-corrected chi connectivity index (χ0v) is 15.1. The fourth-order valence-electron chi connectivity index (χ4n) is 3.20. The molecule has 1 aliphatic rings. The Labute approximate surface area is 152 Å². The molecule has 0 radical (unpaired) electrons. The summed E-state index contributed by atoms with van der Waals surface area (Å²) in [6.07, 6.45) is 0. The second-order valence-corrected chi connectivity index (χ2v) is 6.21. The lowest BCUT2D eigenvalue weighted by atomic mass is 10.1. The summed E-state index contributed by atoms with van der Waals surface area (Å²) in [5, 5.41) is 11.0. The van der Waals surface area contributed by atoms with Crippen LogP contribution in [0.15, 0.2) is 42.5 Å². The molecule has 1 fully saturated rings. The highest BCUT2D eigenvalue weighted by Gasteiger charge is 2.20. The van der Waals surface area contributed by atoms with Crippen LogP contribution in [0.25, 0.3) is 0 Å². The SMILES string of the molecule is COc1ccc(N2CCN(Cc3cc([N+](=O)[O-])ccc3OC)CC2)cc1. The van der Waals surface area contributed by atoms with E-state index < -0.39 is 0 Å². The summed E-state index contributed by atoms with van der Waals surface area (Å²) in [5.74, 6) is 1.54. The van der Waals surface area contributed by atoms with E-state index in [4.69, 9.17) is 9.47 Å². The van der Waals surface area contributed by atoms with Gasteiger partial charge in [-0.1, -0.05) is 0 Å². The predicted molar refractivity (Wildman–Crippen MR) is 100 cm³/mol. The van der Waals surface area contributed by atoms with Gasteiger partial charge in [0.2, 0.25) is 0 Å². The number of rotatable bonds is 6. The molecule has 1 aliphatic heterocycles. The molecule has 1 heterocycles. The molecule has 0 saturated carbocycles. The zero-order valence-electron chi connectivity index (χ0n) is 15.1. The summed E-state index contributed by atoms with van der Waals surface area (Å²) in [6.45, 7) is 4.23. The van der Waals surface area contributed by atoms with Crippen LogP contribution < -0.4 is 14.4 Å². The van der Waals surface area contributed by atoms with Crippen LogP contribution in [-0.4, -0.2) is 50.2 Å². The van der Waals surface area contributed by atoms with Gasteiger partial charge in [0.25, 0.3) is 5.69 Å².